The number of rotatable bonds is 4. The normalized spacial score (nSPS) is 10.3. The Bertz CT molecular complexity index is 250. The molecule has 5 heteroatoms. The fourth-order valence-electron chi connectivity index (χ4n) is 1.05. The molecule has 4 nitrogen and oxygen atoms in total. The van der Waals surface area contributed by atoms with E-state index in [1.54, 1.807) is 0 Å². The summed E-state index contributed by atoms with van der Waals surface area (Å²) in [5.74, 6) is 1.15. The van der Waals surface area contributed by atoms with Crippen LogP contribution in [0, 0.1) is 20.0 Å². The van der Waals surface area contributed by atoms with Gasteiger partial charge < -0.3 is 4.74 Å². The monoisotopic (exact) mass is 292 g/mol. The van der Waals surface area contributed by atoms with Gasteiger partial charge in [0, 0.05) is 23.5 Å². The molecule has 0 atom stereocenters. The molecule has 0 aliphatic heterocycles. The summed E-state index contributed by atoms with van der Waals surface area (Å²) >= 11 is 0. The van der Waals surface area contributed by atoms with Gasteiger partial charge in [-0.1, -0.05) is 25.5 Å². The van der Waals surface area contributed by atoms with Gasteiger partial charge in [0.2, 0.25) is 0 Å². The predicted octanol–water partition coefficient (Wildman–Crippen LogP) is 2.92. The van der Waals surface area contributed by atoms with Crippen molar-refractivity contribution in [3.63, 3.8) is 0 Å². The van der Waals surface area contributed by atoms with Crippen LogP contribution in [0.4, 0.5) is 0 Å². The van der Waals surface area contributed by atoms with Crippen LogP contribution in [0.5, 0.6) is 0 Å². The minimum absolute atomic E-state index is 0. The zero-order valence-corrected chi connectivity index (χ0v) is 11.4. The maximum atomic E-state index is 7.50. The molecular formula is C13H16FeO4. The average molecular weight is 292 g/mol. The molecule has 0 saturated heterocycles. The van der Waals surface area contributed by atoms with Gasteiger partial charge in [0.15, 0.2) is 0 Å². The SMILES string of the molecule is CCCCOC1=CC=CCC1.[C-]#[O+].[C-]#[O+].[C-]#[O+].[Fe]. The second-order valence-electron chi connectivity index (χ2n) is 2.80. The van der Waals surface area contributed by atoms with Gasteiger partial charge in [-0.3, -0.25) is 0 Å². The summed E-state index contributed by atoms with van der Waals surface area (Å²) in [5, 5.41) is 0. The predicted molar refractivity (Wildman–Crippen MR) is 59.1 cm³/mol. The number of unbranched alkanes of at least 4 members (excludes halogenated alkanes) is 1. The number of hydrogen-bond donors (Lipinski definition) is 0. The van der Waals surface area contributed by atoms with Gasteiger partial charge in [-0.15, -0.1) is 0 Å². The Hall–Kier alpha value is -0.981. The second-order valence-corrected chi connectivity index (χ2v) is 2.80. The van der Waals surface area contributed by atoms with Crippen LogP contribution in [-0.4, -0.2) is 6.61 Å². The van der Waals surface area contributed by atoms with Gasteiger partial charge in [0.25, 0.3) is 0 Å². The third-order valence-electron chi connectivity index (χ3n) is 1.76. The van der Waals surface area contributed by atoms with Gasteiger partial charge in [-0.25, -0.2) is 0 Å². The van der Waals surface area contributed by atoms with Gasteiger partial charge >= 0.3 is 33.9 Å². The zero-order chi connectivity index (χ0) is 13.9. The first-order valence-corrected chi connectivity index (χ1v) is 5.03. The average Bonchev–Trinajstić information content (AvgIpc) is 2.47. The van der Waals surface area contributed by atoms with Gasteiger partial charge in [-0.2, -0.15) is 0 Å². The summed E-state index contributed by atoms with van der Waals surface area (Å²) in [6, 6.07) is 0. The minimum atomic E-state index is 0. The molecule has 18 heavy (non-hydrogen) atoms. The van der Waals surface area contributed by atoms with Crippen molar-refractivity contribution >= 4 is 0 Å². The quantitative estimate of drug-likeness (QED) is 0.340. The van der Waals surface area contributed by atoms with Crippen molar-refractivity contribution < 1.29 is 35.8 Å². The molecule has 0 amide bonds. The van der Waals surface area contributed by atoms with E-state index in [2.05, 4.69) is 45.1 Å². The van der Waals surface area contributed by atoms with Crippen LogP contribution in [0.3, 0.4) is 0 Å². The Labute approximate surface area is 119 Å². The Morgan fingerprint density at radius 3 is 2.11 bits per heavy atom. The fourth-order valence-corrected chi connectivity index (χ4v) is 1.05. The molecule has 0 spiro atoms. The van der Waals surface area contributed by atoms with Crippen molar-refractivity contribution in [3.05, 3.63) is 43.9 Å². The summed E-state index contributed by atoms with van der Waals surface area (Å²) in [5.41, 5.74) is 0. The van der Waals surface area contributed by atoms with Gasteiger partial charge in [0.05, 0.1) is 12.4 Å². The summed E-state index contributed by atoms with van der Waals surface area (Å²) in [6.07, 6.45) is 10.9. The molecule has 1 rings (SSSR count). The maximum Gasteiger partial charge on any atom is 0 e. The van der Waals surface area contributed by atoms with Crippen LogP contribution in [0.2, 0.25) is 0 Å². The Kier molecular flexibility index (Phi) is 42.6. The topological polar surface area (TPSA) is 68.9 Å². The van der Waals surface area contributed by atoms with Gasteiger partial charge in [-0.05, 0) is 18.9 Å². The molecule has 0 N–H and O–H groups in total. The molecule has 1 aliphatic carbocycles. The smallest absolute Gasteiger partial charge is 0 e. The van der Waals surface area contributed by atoms with Crippen LogP contribution in [-0.2, 0) is 35.8 Å². The summed E-state index contributed by atoms with van der Waals surface area (Å²) in [4.78, 5) is 0. The first-order chi connectivity index (χ1) is 8.43. The van der Waals surface area contributed by atoms with E-state index in [9.17, 15) is 0 Å². The van der Waals surface area contributed by atoms with E-state index < -0.39 is 0 Å². The van der Waals surface area contributed by atoms with Crippen molar-refractivity contribution in [3.8, 4) is 0 Å². The molecule has 0 aromatic heterocycles. The molecule has 0 aromatic carbocycles. The minimum Gasteiger partial charge on any atom is 0 e. The Morgan fingerprint density at radius 2 is 1.72 bits per heavy atom. The molecule has 100 valence electrons. The van der Waals surface area contributed by atoms with Crippen molar-refractivity contribution in [1.82, 2.24) is 0 Å². The van der Waals surface area contributed by atoms with Crippen molar-refractivity contribution in [2.75, 3.05) is 6.61 Å². The van der Waals surface area contributed by atoms with E-state index in [4.69, 9.17) is 18.7 Å². The zero-order valence-electron chi connectivity index (χ0n) is 10.3. The first-order valence-electron chi connectivity index (χ1n) is 5.03. The summed E-state index contributed by atoms with van der Waals surface area (Å²) < 4.78 is 28.0. The molecule has 0 radical (unpaired) electrons. The molecule has 0 heterocycles. The summed E-state index contributed by atoms with van der Waals surface area (Å²) in [7, 11) is 0. The van der Waals surface area contributed by atoms with E-state index in [0.717, 1.165) is 25.2 Å². The first kappa shape index (κ1) is 25.8. The Morgan fingerprint density at radius 1 is 1.17 bits per heavy atom. The van der Waals surface area contributed by atoms with E-state index in [1.165, 1.54) is 12.8 Å². The maximum absolute atomic E-state index is 7.50. The number of hydrogen-bond acceptors (Lipinski definition) is 1. The van der Waals surface area contributed by atoms with Crippen LogP contribution in [0.25, 0.3) is 0 Å². The molecular weight excluding hydrogens is 276 g/mol. The largest absolute Gasteiger partial charge is 0 e. The van der Waals surface area contributed by atoms with Crippen LogP contribution < -0.4 is 0 Å². The number of allylic oxidation sites excluding steroid dienone is 4. The molecule has 0 aromatic rings. The van der Waals surface area contributed by atoms with Crippen molar-refractivity contribution in [1.29, 1.82) is 0 Å². The number of ether oxygens (including phenoxy) is 1. The van der Waals surface area contributed by atoms with E-state index >= 15 is 0 Å². The fraction of sp³-hybridized carbons (Fsp3) is 0.462. The Balaban J connectivity index is -0.000000123. The van der Waals surface area contributed by atoms with Crippen LogP contribution >= 0.6 is 0 Å². The summed E-state index contributed by atoms with van der Waals surface area (Å²) in [6.45, 7) is 16.6. The van der Waals surface area contributed by atoms with Crippen LogP contribution in [0.15, 0.2) is 24.0 Å². The van der Waals surface area contributed by atoms with Crippen molar-refractivity contribution in [2.45, 2.75) is 32.6 Å². The van der Waals surface area contributed by atoms with Crippen molar-refractivity contribution in [2.24, 2.45) is 0 Å². The third kappa shape index (κ3) is 20.4. The van der Waals surface area contributed by atoms with E-state index in [0.29, 0.717) is 0 Å². The van der Waals surface area contributed by atoms with E-state index in [-0.39, 0.29) is 17.1 Å². The standard InChI is InChI=1S/C10H16O.3CO.Fe/c1-2-3-9-11-10-7-5-4-6-8-10;3*1-2;/h4-5,7H,2-3,6,8-9H2,1H3;;;;. The van der Waals surface area contributed by atoms with E-state index in [1.807, 2.05) is 0 Å². The molecule has 0 fully saturated rings. The molecule has 0 bridgehead atoms. The van der Waals surface area contributed by atoms with Gasteiger partial charge in [0.1, 0.15) is 0 Å². The third-order valence-corrected chi connectivity index (χ3v) is 1.76. The molecule has 0 saturated carbocycles. The second kappa shape index (κ2) is 29.8. The van der Waals surface area contributed by atoms with Crippen LogP contribution in [0.1, 0.15) is 32.6 Å². The molecule has 0 unspecified atom stereocenters. The molecule has 1 aliphatic rings.